The summed E-state index contributed by atoms with van der Waals surface area (Å²) in [5.74, 6) is 1.10. The third-order valence-corrected chi connectivity index (χ3v) is 5.83. The lowest BCUT2D eigenvalue weighted by Gasteiger charge is -2.28. The van der Waals surface area contributed by atoms with Gasteiger partial charge in [0.2, 0.25) is 15.9 Å². The molecular formula is C22H30N2O5S. The fourth-order valence-electron chi connectivity index (χ4n) is 3.11. The number of rotatable bonds is 11. The first-order chi connectivity index (χ1) is 14.3. The average molecular weight is 435 g/mol. The van der Waals surface area contributed by atoms with Crippen molar-refractivity contribution >= 4 is 21.6 Å². The van der Waals surface area contributed by atoms with Gasteiger partial charge in [-0.15, -0.1) is 0 Å². The highest BCUT2D eigenvalue weighted by Crippen LogP contribution is 2.24. The molecule has 0 bridgehead atoms. The number of nitrogens with one attached hydrogen (secondary N) is 1. The molecule has 2 rings (SSSR count). The molecule has 30 heavy (non-hydrogen) atoms. The fraction of sp³-hybridized carbons (Fsp3) is 0.409. The Labute approximate surface area is 179 Å². The molecule has 0 spiro atoms. The van der Waals surface area contributed by atoms with Crippen molar-refractivity contribution in [2.24, 2.45) is 0 Å². The van der Waals surface area contributed by atoms with Crippen LogP contribution in [-0.2, 0) is 21.2 Å². The molecular weight excluding hydrogens is 404 g/mol. The van der Waals surface area contributed by atoms with Crippen LogP contribution in [0.25, 0.3) is 0 Å². The van der Waals surface area contributed by atoms with Gasteiger partial charge >= 0.3 is 0 Å². The zero-order chi connectivity index (χ0) is 22.1. The normalized spacial score (nSPS) is 12.1. The smallest absolute Gasteiger partial charge is 0.243 e. The third-order valence-electron chi connectivity index (χ3n) is 4.59. The van der Waals surface area contributed by atoms with Crippen molar-refractivity contribution in [2.45, 2.75) is 32.7 Å². The minimum Gasteiger partial charge on any atom is -0.497 e. The van der Waals surface area contributed by atoms with Gasteiger partial charge in [-0.1, -0.05) is 12.1 Å². The highest BCUT2D eigenvalue weighted by Gasteiger charge is 2.28. The van der Waals surface area contributed by atoms with Crippen LogP contribution < -0.4 is 19.1 Å². The van der Waals surface area contributed by atoms with E-state index in [9.17, 15) is 13.2 Å². The van der Waals surface area contributed by atoms with E-state index in [-0.39, 0.29) is 5.91 Å². The predicted octanol–water partition coefficient (Wildman–Crippen LogP) is 3.00. The molecule has 0 fully saturated rings. The van der Waals surface area contributed by atoms with Crippen LogP contribution in [-0.4, -0.2) is 46.9 Å². The van der Waals surface area contributed by atoms with Crippen molar-refractivity contribution < 1.29 is 22.7 Å². The van der Waals surface area contributed by atoms with E-state index in [1.807, 2.05) is 31.2 Å². The Kier molecular flexibility index (Phi) is 8.53. The standard InChI is InChI=1S/C22H30N2O5S/c1-5-29-21-14-10-19(11-15-21)24(30(4,26)27)17(2)22(25)23-16-6-7-18-8-12-20(28-3)13-9-18/h8-15,17H,5-7,16H2,1-4H3,(H,23,25)/t17-/m1/s1. The SMILES string of the molecule is CCOc1ccc(N([C@H](C)C(=O)NCCCc2ccc(OC)cc2)S(C)(=O)=O)cc1. The van der Waals surface area contributed by atoms with Crippen LogP contribution >= 0.6 is 0 Å². The zero-order valence-electron chi connectivity index (χ0n) is 17.9. The van der Waals surface area contributed by atoms with Gasteiger partial charge in [0.25, 0.3) is 0 Å². The van der Waals surface area contributed by atoms with Gasteiger partial charge in [-0.3, -0.25) is 9.10 Å². The number of methoxy groups -OCH3 is 1. The molecule has 8 heteroatoms. The fourth-order valence-corrected chi connectivity index (χ4v) is 4.28. The molecule has 164 valence electrons. The maximum Gasteiger partial charge on any atom is 0.243 e. The molecule has 0 aromatic heterocycles. The lowest BCUT2D eigenvalue weighted by molar-refractivity contribution is -0.121. The predicted molar refractivity (Wildman–Crippen MR) is 119 cm³/mol. The molecule has 0 aliphatic rings. The van der Waals surface area contributed by atoms with Gasteiger partial charge in [0.15, 0.2) is 0 Å². The number of anilines is 1. The summed E-state index contributed by atoms with van der Waals surface area (Å²) in [6, 6.07) is 13.6. The number of nitrogens with zero attached hydrogens (tertiary/aromatic N) is 1. The van der Waals surface area contributed by atoms with Gasteiger partial charge in [-0.25, -0.2) is 8.42 Å². The van der Waals surface area contributed by atoms with Crippen LogP contribution in [0.3, 0.4) is 0 Å². The molecule has 0 aliphatic carbocycles. The number of hydrogen-bond donors (Lipinski definition) is 1. The summed E-state index contributed by atoms with van der Waals surface area (Å²) < 4.78 is 36.4. The van der Waals surface area contributed by atoms with Crippen molar-refractivity contribution in [3.63, 3.8) is 0 Å². The van der Waals surface area contributed by atoms with Crippen molar-refractivity contribution in [2.75, 3.05) is 30.8 Å². The molecule has 2 aromatic rings. The van der Waals surface area contributed by atoms with Crippen LogP contribution in [0.4, 0.5) is 5.69 Å². The maximum atomic E-state index is 12.6. The van der Waals surface area contributed by atoms with E-state index in [2.05, 4.69) is 5.32 Å². The average Bonchev–Trinajstić information content (AvgIpc) is 2.72. The number of aryl methyl sites for hydroxylation is 1. The lowest BCUT2D eigenvalue weighted by Crippen LogP contribution is -2.48. The van der Waals surface area contributed by atoms with Gasteiger partial charge in [0.05, 0.1) is 25.7 Å². The Morgan fingerprint density at radius 1 is 1.07 bits per heavy atom. The second-order valence-corrected chi connectivity index (χ2v) is 8.76. The highest BCUT2D eigenvalue weighted by molar-refractivity contribution is 7.92. The Bertz CT molecular complexity index is 912. The van der Waals surface area contributed by atoms with Crippen LogP contribution in [0.1, 0.15) is 25.8 Å². The quantitative estimate of drug-likeness (QED) is 0.550. The number of benzene rings is 2. The summed E-state index contributed by atoms with van der Waals surface area (Å²) in [6.07, 6.45) is 2.64. The summed E-state index contributed by atoms with van der Waals surface area (Å²) in [5.41, 5.74) is 1.56. The van der Waals surface area contributed by atoms with E-state index in [1.54, 1.807) is 38.3 Å². The molecule has 0 saturated carbocycles. The minimum absolute atomic E-state index is 0.343. The molecule has 1 N–H and O–H groups in total. The third kappa shape index (κ3) is 6.66. The first kappa shape index (κ1) is 23.5. The molecule has 0 heterocycles. The van der Waals surface area contributed by atoms with Crippen LogP contribution in [0.15, 0.2) is 48.5 Å². The molecule has 0 saturated heterocycles. The Balaban J connectivity index is 1.96. The van der Waals surface area contributed by atoms with Gasteiger partial charge in [-0.2, -0.15) is 0 Å². The van der Waals surface area contributed by atoms with E-state index in [1.165, 1.54) is 0 Å². The molecule has 1 atom stereocenters. The number of carbonyl (C=O) groups excluding carboxylic acids is 1. The van der Waals surface area contributed by atoms with Gasteiger partial charge < -0.3 is 14.8 Å². The number of carbonyl (C=O) groups is 1. The minimum atomic E-state index is -3.65. The lowest BCUT2D eigenvalue weighted by atomic mass is 10.1. The van der Waals surface area contributed by atoms with E-state index in [0.29, 0.717) is 24.6 Å². The molecule has 0 radical (unpaired) electrons. The first-order valence-electron chi connectivity index (χ1n) is 9.89. The second kappa shape index (κ2) is 10.9. The zero-order valence-corrected chi connectivity index (χ0v) is 18.7. The second-order valence-electron chi connectivity index (χ2n) is 6.90. The number of hydrogen-bond acceptors (Lipinski definition) is 5. The molecule has 2 aromatic carbocycles. The Hall–Kier alpha value is -2.74. The summed E-state index contributed by atoms with van der Waals surface area (Å²) in [6.45, 7) is 4.43. The first-order valence-corrected chi connectivity index (χ1v) is 11.7. The maximum absolute atomic E-state index is 12.6. The molecule has 0 aliphatic heterocycles. The summed E-state index contributed by atoms with van der Waals surface area (Å²) in [5, 5.41) is 2.83. The van der Waals surface area contributed by atoms with Crippen molar-refractivity contribution in [1.82, 2.24) is 5.32 Å². The van der Waals surface area contributed by atoms with Crippen molar-refractivity contribution in [1.29, 1.82) is 0 Å². The molecule has 1 amide bonds. The van der Waals surface area contributed by atoms with Crippen molar-refractivity contribution in [3.8, 4) is 11.5 Å². The summed E-state index contributed by atoms with van der Waals surface area (Å²) in [4.78, 5) is 12.6. The van der Waals surface area contributed by atoms with Gasteiger partial charge in [-0.05, 0) is 68.7 Å². The van der Waals surface area contributed by atoms with Crippen LogP contribution in [0.2, 0.25) is 0 Å². The van der Waals surface area contributed by atoms with E-state index >= 15 is 0 Å². The Morgan fingerprint density at radius 3 is 2.20 bits per heavy atom. The van der Waals surface area contributed by atoms with Crippen molar-refractivity contribution in [3.05, 3.63) is 54.1 Å². The molecule has 7 nitrogen and oxygen atoms in total. The highest BCUT2D eigenvalue weighted by atomic mass is 32.2. The van der Waals surface area contributed by atoms with Crippen LogP contribution in [0.5, 0.6) is 11.5 Å². The van der Waals surface area contributed by atoms with Gasteiger partial charge in [0, 0.05) is 6.54 Å². The van der Waals surface area contributed by atoms with Gasteiger partial charge in [0.1, 0.15) is 17.5 Å². The number of sulfonamides is 1. The number of amides is 1. The topological polar surface area (TPSA) is 84.9 Å². The summed E-state index contributed by atoms with van der Waals surface area (Å²) >= 11 is 0. The van der Waals surface area contributed by atoms with E-state index < -0.39 is 16.1 Å². The number of ether oxygens (including phenoxy) is 2. The monoisotopic (exact) mass is 434 g/mol. The Morgan fingerprint density at radius 2 is 1.67 bits per heavy atom. The van der Waals surface area contributed by atoms with E-state index in [0.717, 1.165) is 34.7 Å². The molecule has 0 unspecified atom stereocenters. The van der Waals surface area contributed by atoms with Crippen LogP contribution in [0, 0.1) is 0 Å². The largest absolute Gasteiger partial charge is 0.497 e. The van der Waals surface area contributed by atoms with E-state index in [4.69, 9.17) is 9.47 Å². The summed E-state index contributed by atoms with van der Waals surface area (Å²) in [7, 11) is -2.02.